The van der Waals surface area contributed by atoms with Crippen LogP contribution in [0.1, 0.15) is 10.5 Å². The van der Waals surface area contributed by atoms with Gasteiger partial charge in [-0.1, -0.05) is 16.8 Å². The first-order chi connectivity index (χ1) is 10.2. The maximum atomic E-state index is 12.0. The fraction of sp³-hybridized carbons (Fsp3) is 0. The van der Waals surface area contributed by atoms with Crippen molar-refractivity contribution in [3.05, 3.63) is 65.6 Å². The third kappa shape index (κ3) is 3.09. The lowest BCUT2D eigenvalue weighted by atomic mass is 10.1. The van der Waals surface area contributed by atoms with Crippen LogP contribution >= 0.6 is 11.6 Å². The highest BCUT2D eigenvalue weighted by Crippen LogP contribution is 2.22. The summed E-state index contributed by atoms with van der Waals surface area (Å²) in [6.07, 6.45) is 3.19. The van der Waals surface area contributed by atoms with Crippen LogP contribution in [0.5, 0.6) is 0 Å². The summed E-state index contributed by atoms with van der Waals surface area (Å²) in [7, 11) is 0. The van der Waals surface area contributed by atoms with E-state index >= 15 is 0 Å². The number of benzene rings is 1. The largest absolute Gasteiger partial charge is 0.355 e. The molecule has 6 heteroatoms. The molecule has 0 atom stereocenters. The molecule has 1 amide bonds. The summed E-state index contributed by atoms with van der Waals surface area (Å²) in [5.41, 5.74) is 1.65. The Labute approximate surface area is 125 Å². The average molecular weight is 300 g/mol. The van der Waals surface area contributed by atoms with E-state index < -0.39 is 0 Å². The van der Waals surface area contributed by atoms with Gasteiger partial charge >= 0.3 is 0 Å². The average Bonchev–Trinajstić information content (AvgIpc) is 2.99. The summed E-state index contributed by atoms with van der Waals surface area (Å²) in [4.78, 5) is 15.9. The van der Waals surface area contributed by atoms with Crippen molar-refractivity contribution in [2.75, 3.05) is 5.32 Å². The van der Waals surface area contributed by atoms with Crippen molar-refractivity contribution >= 4 is 23.2 Å². The first-order valence-electron chi connectivity index (χ1n) is 6.16. The Morgan fingerprint density at radius 1 is 1.10 bits per heavy atom. The zero-order valence-corrected chi connectivity index (χ0v) is 11.5. The molecule has 0 saturated carbocycles. The molecule has 2 heterocycles. The number of rotatable bonds is 3. The van der Waals surface area contributed by atoms with Gasteiger partial charge in [0.05, 0.1) is 0 Å². The van der Waals surface area contributed by atoms with Gasteiger partial charge in [0.2, 0.25) is 0 Å². The van der Waals surface area contributed by atoms with Crippen LogP contribution in [0.3, 0.4) is 0 Å². The molecule has 21 heavy (non-hydrogen) atoms. The molecule has 0 spiro atoms. The number of nitrogens with one attached hydrogen (secondary N) is 1. The summed E-state index contributed by atoms with van der Waals surface area (Å²) in [5.74, 6) is 0.164. The quantitative estimate of drug-likeness (QED) is 0.801. The number of hydrogen-bond acceptors (Lipinski definition) is 4. The third-order valence-corrected chi connectivity index (χ3v) is 3.06. The molecule has 104 valence electrons. The Morgan fingerprint density at radius 3 is 2.52 bits per heavy atom. The number of pyridine rings is 1. The second-order valence-electron chi connectivity index (χ2n) is 4.27. The summed E-state index contributed by atoms with van der Waals surface area (Å²) < 4.78 is 5.18. The van der Waals surface area contributed by atoms with Gasteiger partial charge < -0.3 is 9.84 Å². The summed E-state index contributed by atoms with van der Waals surface area (Å²) in [6.45, 7) is 0. The normalized spacial score (nSPS) is 10.3. The summed E-state index contributed by atoms with van der Waals surface area (Å²) >= 11 is 5.83. The molecule has 0 radical (unpaired) electrons. The Bertz CT molecular complexity index is 754. The van der Waals surface area contributed by atoms with Crippen molar-refractivity contribution in [1.82, 2.24) is 10.1 Å². The topological polar surface area (TPSA) is 68.0 Å². The van der Waals surface area contributed by atoms with E-state index in [9.17, 15) is 4.79 Å². The standard InChI is InChI=1S/C15H10ClN3O2/c16-11-3-1-10(2-4-11)14-9-13(19-21-14)15(20)18-12-5-7-17-8-6-12/h1-9H,(H,17,18,20). The van der Waals surface area contributed by atoms with E-state index in [1.807, 2.05) is 0 Å². The van der Waals surface area contributed by atoms with Crippen molar-refractivity contribution in [2.45, 2.75) is 0 Å². The Hall–Kier alpha value is -2.66. The Kier molecular flexibility index (Phi) is 3.66. The highest BCUT2D eigenvalue weighted by atomic mass is 35.5. The molecule has 0 aliphatic heterocycles. The smallest absolute Gasteiger partial charge is 0.277 e. The maximum Gasteiger partial charge on any atom is 0.277 e. The van der Waals surface area contributed by atoms with Crippen molar-refractivity contribution in [1.29, 1.82) is 0 Å². The van der Waals surface area contributed by atoms with Gasteiger partial charge in [-0.15, -0.1) is 0 Å². The van der Waals surface area contributed by atoms with Crippen LogP contribution in [-0.4, -0.2) is 16.0 Å². The van der Waals surface area contributed by atoms with Crippen molar-refractivity contribution in [3.8, 4) is 11.3 Å². The SMILES string of the molecule is O=C(Nc1ccncc1)c1cc(-c2ccc(Cl)cc2)on1. The van der Waals surface area contributed by atoms with Gasteiger partial charge in [-0.3, -0.25) is 9.78 Å². The van der Waals surface area contributed by atoms with Crippen LogP contribution in [0.4, 0.5) is 5.69 Å². The molecule has 5 nitrogen and oxygen atoms in total. The molecule has 0 bridgehead atoms. The molecule has 0 unspecified atom stereocenters. The number of hydrogen-bond donors (Lipinski definition) is 1. The predicted octanol–water partition coefficient (Wildman–Crippen LogP) is 3.64. The zero-order valence-electron chi connectivity index (χ0n) is 10.8. The van der Waals surface area contributed by atoms with Gasteiger partial charge in [-0.2, -0.15) is 0 Å². The number of aromatic nitrogens is 2. The van der Waals surface area contributed by atoms with Crippen molar-refractivity contribution in [2.24, 2.45) is 0 Å². The Balaban J connectivity index is 1.78. The van der Waals surface area contributed by atoms with Gasteiger partial charge in [0.15, 0.2) is 11.5 Å². The van der Waals surface area contributed by atoms with E-state index in [4.69, 9.17) is 16.1 Å². The van der Waals surface area contributed by atoms with E-state index in [1.54, 1.807) is 54.9 Å². The fourth-order valence-electron chi connectivity index (χ4n) is 1.76. The first kappa shape index (κ1) is 13.3. The van der Waals surface area contributed by atoms with Gasteiger partial charge in [0.1, 0.15) is 0 Å². The predicted molar refractivity (Wildman–Crippen MR) is 79.1 cm³/mol. The lowest BCUT2D eigenvalue weighted by Gasteiger charge is -2.00. The number of anilines is 1. The molecule has 1 aromatic carbocycles. The van der Waals surface area contributed by atoms with Crippen LogP contribution in [0.15, 0.2) is 59.4 Å². The van der Waals surface area contributed by atoms with E-state index in [-0.39, 0.29) is 11.6 Å². The third-order valence-electron chi connectivity index (χ3n) is 2.81. The minimum atomic E-state index is -0.342. The van der Waals surface area contributed by atoms with Gasteiger partial charge in [0.25, 0.3) is 5.91 Å². The second kappa shape index (κ2) is 5.76. The number of amides is 1. The lowest BCUT2D eigenvalue weighted by Crippen LogP contribution is -2.11. The lowest BCUT2D eigenvalue weighted by molar-refractivity contribution is 0.101. The van der Waals surface area contributed by atoms with Crippen molar-refractivity contribution < 1.29 is 9.32 Å². The van der Waals surface area contributed by atoms with E-state index in [2.05, 4.69) is 15.5 Å². The van der Waals surface area contributed by atoms with E-state index in [0.29, 0.717) is 16.5 Å². The number of carbonyl (C=O) groups is 1. The number of halogens is 1. The highest BCUT2D eigenvalue weighted by Gasteiger charge is 2.13. The van der Waals surface area contributed by atoms with Crippen LogP contribution in [0.25, 0.3) is 11.3 Å². The maximum absolute atomic E-state index is 12.0. The highest BCUT2D eigenvalue weighted by molar-refractivity contribution is 6.30. The molecular weight excluding hydrogens is 290 g/mol. The van der Waals surface area contributed by atoms with Crippen LogP contribution < -0.4 is 5.32 Å². The van der Waals surface area contributed by atoms with Crippen molar-refractivity contribution in [3.63, 3.8) is 0 Å². The van der Waals surface area contributed by atoms with Gasteiger partial charge in [-0.25, -0.2) is 0 Å². The number of carbonyl (C=O) groups excluding carboxylic acids is 1. The Morgan fingerprint density at radius 2 is 1.81 bits per heavy atom. The van der Waals surface area contributed by atoms with Gasteiger partial charge in [-0.05, 0) is 36.4 Å². The fourth-order valence-corrected chi connectivity index (χ4v) is 1.89. The molecule has 0 aliphatic carbocycles. The molecule has 0 saturated heterocycles. The first-order valence-corrected chi connectivity index (χ1v) is 6.54. The van der Waals surface area contributed by atoms with Crippen LogP contribution in [-0.2, 0) is 0 Å². The molecular formula is C15H10ClN3O2. The molecule has 3 rings (SSSR count). The minimum absolute atomic E-state index is 0.205. The molecule has 2 aromatic heterocycles. The summed E-state index contributed by atoms with van der Waals surface area (Å²) in [6, 6.07) is 12.1. The van der Waals surface area contributed by atoms with E-state index in [1.165, 1.54) is 0 Å². The summed E-state index contributed by atoms with van der Waals surface area (Å²) in [5, 5.41) is 7.12. The van der Waals surface area contributed by atoms with Crippen LogP contribution in [0, 0.1) is 0 Å². The van der Waals surface area contributed by atoms with Crippen LogP contribution in [0.2, 0.25) is 5.02 Å². The molecule has 3 aromatic rings. The second-order valence-corrected chi connectivity index (χ2v) is 4.71. The zero-order chi connectivity index (χ0) is 14.7. The molecule has 1 N–H and O–H groups in total. The monoisotopic (exact) mass is 299 g/mol. The molecule has 0 fully saturated rings. The van der Waals surface area contributed by atoms with E-state index in [0.717, 1.165) is 5.56 Å². The number of nitrogens with zero attached hydrogens (tertiary/aromatic N) is 2. The minimum Gasteiger partial charge on any atom is -0.355 e. The molecule has 0 aliphatic rings. The van der Waals surface area contributed by atoms with Gasteiger partial charge in [0, 0.05) is 34.7 Å².